The first-order valence-corrected chi connectivity index (χ1v) is 9.46. The molecule has 2 N–H and O–H groups in total. The summed E-state index contributed by atoms with van der Waals surface area (Å²) in [5.74, 6) is -1.69. The number of carboxylic acid groups (broad SMARTS) is 1. The summed E-state index contributed by atoms with van der Waals surface area (Å²) >= 11 is 0. The molecule has 0 saturated heterocycles. The summed E-state index contributed by atoms with van der Waals surface area (Å²) in [6.45, 7) is 11.1. The molecular weight excluding hydrogens is 338 g/mol. The number of nitrogens with one attached hydrogen (secondary N) is 1. The topological polar surface area (TPSA) is 102 Å². The second-order valence-electron chi connectivity index (χ2n) is 7.53. The van der Waals surface area contributed by atoms with Crippen LogP contribution in [0.4, 0.5) is 4.79 Å². The molecule has 0 heterocycles. The van der Waals surface area contributed by atoms with E-state index in [1.54, 1.807) is 27.7 Å². The van der Waals surface area contributed by atoms with Crippen LogP contribution in [-0.4, -0.2) is 35.5 Å². The second kappa shape index (κ2) is 12.5. The van der Waals surface area contributed by atoms with Crippen LogP contribution in [0.15, 0.2) is 0 Å². The van der Waals surface area contributed by atoms with Gasteiger partial charge in [-0.3, -0.25) is 9.59 Å². The Hall–Kier alpha value is -1.79. The number of hydrogen-bond acceptors (Lipinski definition) is 5. The molecule has 0 saturated carbocycles. The second-order valence-corrected chi connectivity index (χ2v) is 7.53. The number of carbonyl (C=O) groups excluding carboxylic acids is 2. The minimum atomic E-state index is -1.01. The first kappa shape index (κ1) is 24.2. The van der Waals surface area contributed by atoms with Crippen LogP contribution >= 0.6 is 0 Å². The van der Waals surface area contributed by atoms with Crippen LogP contribution in [0.3, 0.4) is 0 Å². The molecular formula is C19H35NO6. The highest BCUT2D eigenvalue weighted by Crippen LogP contribution is 2.17. The lowest BCUT2D eigenvalue weighted by Crippen LogP contribution is -2.41. The van der Waals surface area contributed by atoms with Crippen molar-refractivity contribution in [3.05, 3.63) is 0 Å². The van der Waals surface area contributed by atoms with Crippen molar-refractivity contribution in [2.75, 3.05) is 0 Å². The number of carboxylic acids is 1. The van der Waals surface area contributed by atoms with Crippen molar-refractivity contribution in [1.29, 1.82) is 0 Å². The summed E-state index contributed by atoms with van der Waals surface area (Å²) in [6.07, 6.45) is 1.71. The summed E-state index contributed by atoms with van der Waals surface area (Å²) in [6, 6.07) is -0.527. The lowest BCUT2D eigenvalue weighted by Gasteiger charge is -2.25. The molecule has 0 aromatic carbocycles. The van der Waals surface area contributed by atoms with Crippen molar-refractivity contribution < 1.29 is 29.0 Å². The highest BCUT2D eigenvalue weighted by molar-refractivity contribution is 5.73. The molecule has 0 aromatic heterocycles. The van der Waals surface area contributed by atoms with E-state index >= 15 is 0 Å². The third-order valence-electron chi connectivity index (χ3n) is 3.95. The average molecular weight is 373 g/mol. The van der Waals surface area contributed by atoms with Crippen LogP contribution in [0.5, 0.6) is 0 Å². The van der Waals surface area contributed by atoms with Gasteiger partial charge in [-0.2, -0.15) is 0 Å². The van der Waals surface area contributed by atoms with Gasteiger partial charge in [-0.25, -0.2) is 4.79 Å². The fraction of sp³-hybridized carbons (Fsp3) is 0.842. The van der Waals surface area contributed by atoms with Crippen LogP contribution < -0.4 is 5.32 Å². The normalized spacial score (nSPS) is 14.6. The van der Waals surface area contributed by atoms with Crippen LogP contribution in [0.1, 0.15) is 73.6 Å². The van der Waals surface area contributed by atoms with E-state index in [2.05, 4.69) is 12.2 Å². The number of esters is 1. The van der Waals surface area contributed by atoms with E-state index in [0.29, 0.717) is 12.3 Å². The molecule has 0 spiro atoms. The molecule has 0 aliphatic rings. The van der Waals surface area contributed by atoms with E-state index in [4.69, 9.17) is 14.6 Å². The molecule has 0 aliphatic heterocycles. The van der Waals surface area contributed by atoms with E-state index in [9.17, 15) is 14.4 Å². The molecule has 0 fully saturated rings. The first-order valence-electron chi connectivity index (χ1n) is 9.46. The number of rotatable bonds is 12. The third-order valence-corrected chi connectivity index (χ3v) is 3.95. The molecule has 0 bridgehead atoms. The highest BCUT2D eigenvalue weighted by Gasteiger charge is 2.26. The molecule has 0 unspecified atom stereocenters. The molecule has 7 nitrogen and oxygen atoms in total. The Morgan fingerprint density at radius 3 is 2.12 bits per heavy atom. The van der Waals surface area contributed by atoms with Crippen LogP contribution in [0.2, 0.25) is 0 Å². The lowest BCUT2D eigenvalue weighted by molar-refractivity contribution is -0.178. The van der Waals surface area contributed by atoms with Crippen molar-refractivity contribution in [2.24, 2.45) is 17.8 Å². The number of unbranched alkanes of at least 4 members (excludes halogenated alkanes) is 1. The van der Waals surface area contributed by atoms with Crippen molar-refractivity contribution in [3.8, 4) is 0 Å². The number of hydrogen-bond donors (Lipinski definition) is 2. The van der Waals surface area contributed by atoms with Crippen LogP contribution in [0, 0.1) is 17.8 Å². The van der Waals surface area contributed by atoms with E-state index < -0.39 is 30.4 Å². The number of carbonyl (C=O) groups is 3. The van der Waals surface area contributed by atoms with Gasteiger partial charge in [0.05, 0.1) is 12.3 Å². The van der Waals surface area contributed by atoms with Crippen molar-refractivity contribution >= 4 is 18.0 Å². The zero-order chi connectivity index (χ0) is 20.3. The Labute approximate surface area is 156 Å². The van der Waals surface area contributed by atoms with Gasteiger partial charge in [0.2, 0.25) is 0 Å². The molecule has 0 radical (unpaired) electrons. The number of ether oxygens (including phenoxy) is 2. The highest BCUT2D eigenvalue weighted by atomic mass is 16.7. The fourth-order valence-corrected chi connectivity index (χ4v) is 2.41. The summed E-state index contributed by atoms with van der Waals surface area (Å²) in [4.78, 5) is 35.0. The van der Waals surface area contributed by atoms with Gasteiger partial charge in [0.15, 0.2) is 0 Å². The van der Waals surface area contributed by atoms with Gasteiger partial charge in [0, 0.05) is 12.0 Å². The van der Waals surface area contributed by atoms with Crippen molar-refractivity contribution in [2.45, 2.75) is 86.0 Å². The Bertz CT molecular complexity index is 449. The van der Waals surface area contributed by atoms with E-state index in [-0.39, 0.29) is 18.3 Å². The summed E-state index contributed by atoms with van der Waals surface area (Å²) in [7, 11) is 0. The van der Waals surface area contributed by atoms with Gasteiger partial charge in [-0.1, -0.05) is 60.8 Å². The molecule has 3 atom stereocenters. The lowest BCUT2D eigenvalue weighted by atomic mass is 9.95. The van der Waals surface area contributed by atoms with Gasteiger partial charge < -0.3 is 19.9 Å². The summed E-state index contributed by atoms with van der Waals surface area (Å²) in [5, 5.41) is 11.7. The Morgan fingerprint density at radius 2 is 1.65 bits per heavy atom. The third kappa shape index (κ3) is 10.9. The predicted octanol–water partition coefficient (Wildman–Crippen LogP) is 3.95. The largest absolute Gasteiger partial charge is 0.481 e. The van der Waals surface area contributed by atoms with E-state index in [1.165, 1.54) is 0 Å². The van der Waals surface area contributed by atoms with Gasteiger partial charge in [-0.05, 0) is 12.3 Å². The SMILES string of the molecule is CCCC[C@@H](C)C[C@@H](CC(=O)O)NC(=O)O[C@H](OC(=O)C(C)C)C(C)C. The summed E-state index contributed by atoms with van der Waals surface area (Å²) in [5.41, 5.74) is 0. The zero-order valence-corrected chi connectivity index (χ0v) is 16.9. The predicted molar refractivity (Wildman–Crippen MR) is 98.5 cm³/mol. The Kier molecular flexibility index (Phi) is 11.7. The maximum absolute atomic E-state index is 12.2. The van der Waals surface area contributed by atoms with E-state index in [1.807, 2.05) is 6.92 Å². The minimum Gasteiger partial charge on any atom is -0.481 e. The molecule has 0 aromatic rings. The van der Waals surface area contributed by atoms with Gasteiger partial charge in [0.1, 0.15) is 0 Å². The van der Waals surface area contributed by atoms with Gasteiger partial charge >= 0.3 is 18.0 Å². The summed E-state index contributed by atoms with van der Waals surface area (Å²) < 4.78 is 10.4. The van der Waals surface area contributed by atoms with Crippen molar-refractivity contribution in [1.82, 2.24) is 5.32 Å². The fourth-order valence-electron chi connectivity index (χ4n) is 2.41. The maximum Gasteiger partial charge on any atom is 0.410 e. The maximum atomic E-state index is 12.2. The average Bonchev–Trinajstić information content (AvgIpc) is 2.50. The molecule has 26 heavy (non-hydrogen) atoms. The Morgan fingerprint density at radius 1 is 1.04 bits per heavy atom. The minimum absolute atomic E-state index is 0.177. The molecule has 1 amide bonds. The smallest absolute Gasteiger partial charge is 0.410 e. The number of aliphatic carboxylic acids is 1. The van der Waals surface area contributed by atoms with Gasteiger partial charge in [-0.15, -0.1) is 0 Å². The zero-order valence-electron chi connectivity index (χ0n) is 16.9. The van der Waals surface area contributed by atoms with Gasteiger partial charge in [0.25, 0.3) is 6.29 Å². The Balaban J connectivity index is 4.77. The van der Waals surface area contributed by atoms with Crippen molar-refractivity contribution in [3.63, 3.8) is 0 Å². The molecule has 7 heteroatoms. The van der Waals surface area contributed by atoms with Crippen LogP contribution in [0.25, 0.3) is 0 Å². The molecule has 0 rings (SSSR count). The number of amides is 1. The van der Waals surface area contributed by atoms with E-state index in [0.717, 1.165) is 19.3 Å². The quantitative estimate of drug-likeness (QED) is 0.397. The molecule has 0 aliphatic carbocycles. The molecule has 152 valence electrons. The first-order chi connectivity index (χ1) is 12.1. The monoisotopic (exact) mass is 373 g/mol. The number of alkyl carbamates (subject to hydrolysis) is 1. The van der Waals surface area contributed by atoms with Crippen LogP contribution in [-0.2, 0) is 19.1 Å². The standard InChI is InChI=1S/C19H35NO6/c1-7-8-9-14(6)10-15(11-16(21)22)20-19(24)26-18(13(4)5)25-17(23)12(2)3/h12-15,18H,7-11H2,1-6H3,(H,20,24)(H,21,22)/t14-,15+,18+/m1/s1.